The maximum atomic E-state index is 10.7. The van der Waals surface area contributed by atoms with Crippen LogP contribution in [0.5, 0.6) is 0 Å². The number of hydrogen-bond acceptors (Lipinski definition) is 3. The van der Waals surface area contributed by atoms with E-state index in [1.807, 2.05) is 0 Å². The average molecular weight is 174 g/mol. The standard InChI is InChI=1S/C8H14O2S/c1-6(9)11-8-4-2-7(10)3-5-8/h7-8,10H,2-5H2,1H3. The molecule has 0 amide bonds. The number of rotatable bonds is 1. The van der Waals surface area contributed by atoms with E-state index in [0.717, 1.165) is 25.7 Å². The predicted octanol–water partition coefficient (Wildman–Crippen LogP) is 1.57. The third kappa shape index (κ3) is 3.25. The SMILES string of the molecule is CC(=O)SC1CCC(O)CC1. The number of aliphatic hydroxyl groups excluding tert-OH is 1. The van der Waals surface area contributed by atoms with Crippen LogP contribution in [-0.4, -0.2) is 21.6 Å². The van der Waals surface area contributed by atoms with E-state index >= 15 is 0 Å². The molecule has 3 heteroatoms. The minimum absolute atomic E-state index is 0.112. The van der Waals surface area contributed by atoms with Gasteiger partial charge < -0.3 is 5.11 Å². The monoisotopic (exact) mass is 174 g/mol. The molecular weight excluding hydrogens is 160 g/mol. The second-order valence-corrected chi connectivity index (χ2v) is 4.52. The molecule has 1 rings (SSSR count). The quantitative estimate of drug-likeness (QED) is 0.655. The maximum absolute atomic E-state index is 10.7. The molecule has 1 fully saturated rings. The molecule has 2 nitrogen and oxygen atoms in total. The van der Waals surface area contributed by atoms with Crippen molar-refractivity contribution in [2.75, 3.05) is 0 Å². The molecule has 0 radical (unpaired) electrons. The zero-order valence-corrected chi connectivity index (χ0v) is 7.56. The van der Waals surface area contributed by atoms with Crippen LogP contribution in [0.15, 0.2) is 0 Å². The van der Waals surface area contributed by atoms with Crippen LogP contribution in [0.3, 0.4) is 0 Å². The van der Waals surface area contributed by atoms with E-state index in [0.29, 0.717) is 5.25 Å². The van der Waals surface area contributed by atoms with Gasteiger partial charge >= 0.3 is 0 Å². The van der Waals surface area contributed by atoms with Gasteiger partial charge in [0.25, 0.3) is 0 Å². The molecular formula is C8H14O2S. The van der Waals surface area contributed by atoms with E-state index in [9.17, 15) is 4.79 Å². The van der Waals surface area contributed by atoms with Crippen molar-refractivity contribution in [1.82, 2.24) is 0 Å². The highest BCUT2D eigenvalue weighted by atomic mass is 32.2. The summed E-state index contributed by atoms with van der Waals surface area (Å²) in [6.07, 6.45) is 3.60. The van der Waals surface area contributed by atoms with Crippen LogP contribution < -0.4 is 0 Å². The first kappa shape index (κ1) is 9.07. The van der Waals surface area contributed by atoms with Crippen LogP contribution in [0.25, 0.3) is 0 Å². The molecule has 0 heterocycles. The first-order chi connectivity index (χ1) is 5.18. The lowest BCUT2D eigenvalue weighted by molar-refractivity contribution is -0.109. The fourth-order valence-electron chi connectivity index (χ4n) is 1.40. The Labute approximate surface area is 71.4 Å². The van der Waals surface area contributed by atoms with Gasteiger partial charge in [0.05, 0.1) is 6.10 Å². The molecule has 0 aromatic heterocycles. The highest BCUT2D eigenvalue weighted by molar-refractivity contribution is 8.14. The summed E-state index contributed by atoms with van der Waals surface area (Å²) in [5, 5.41) is 9.84. The van der Waals surface area contributed by atoms with Crippen molar-refractivity contribution in [2.24, 2.45) is 0 Å². The first-order valence-electron chi connectivity index (χ1n) is 4.04. The van der Waals surface area contributed by atoms with Gasteiger partial charge in [0, 0.05) is 12.2 Å². The van der Waals surface area contributed by atoms with Gasteiger partial charge in [-0.15, -0.1) is 0 Å². The topological polar surface area (TPSA) is 37.3 Å². The third-order valence-corrected chi connectivity index (χ3v) is 3.11. The molecule has 1 saturated carbocycles. The van der Waals surface area contributed by atoms with Crippen molar-refractivity contribution in [1.29, 1.82) is 0 Å². The zero-order valence-electron chi connectivity index (χ0n) is 6.75. The van der Waals surface area contributed by atoms with Crippen molar-refractivity contribution in [2.45, 2.75) is 44.0 Å². The minimum Gasteiger partial charge on any atom is -0.393 e. The molecule has 0 aromatic rings. The summed E-state index contributed by atoms with van der Waals surface area (Å²) < 4.78 is 0. The molecule has 0 unspecified atom stereocenters. The highest BCUT2D eigenvalue weighted by Crippen LogP contribution is 2.28. The van der Waals surface area contributed by atoms with E-state index in [-0.39, 0.29) is 11.2 Å². The van der Waals surface area contributed by atoms with Crippen molar-refractivity contribution in [3.8, 4) is 0 Å². The van der Waals surface area contributed by atoms with Crippen LogP contribution in [0.4, 0.5) is 0 Å². The Morgan fingerprint density at radius 3 is 2.36 bits per heavy atom. The van der Waals surface area contributed by atoms with Gasteiger partial charge in [0.1, 0.15) is 0 Å². The summed E-state index contributed by atoms with van der Waals surface area (Å²) in [5.74, 6) is 0. The Bertz CT molecular complexity index is 139. The van der Waals surface area contributed by atoms with E-state index in [4.69, 9.17) is 5.11 Å². The van der Waals surface area contributed by atoms with Crippen molar-refractivity contribution in [3.05, 3.63) is 0 Å². The fourth-order valence-corrected chi connectivity index (χ4v) is 2.38. The summed E-state index contributed by atoms with van der Waals surface area (Å²) in [7, 11) is 0. The Hall–Kier alpha value is -0.0200. The first-order valence-corrected chi connectivity index (χ1v) is 4.91. The predicted molar refractivity (Wildman–Crippen MR) is 46.5 cm³/mol. The van der Waals surface area contributed by atoms with Gasteiger partial charge in [-0.1, -0.05) is 11.8 Å². The molecule has 0 atom stereocenters. The smallest absolute Gasteiger partial charge is 0.186 e. The molecule has 1 N–H and O–H groups in total. The average Bonchev–Trinajstić information content (AvgIpc) is 1.93. The minimum atomic E-state index is -0.112. The molecule has 1 aliphatic carbocycles. The molecule has 0 aromatic carbocycles. The summed E-state index contributed by atoms with van der Waals surface area (Å²) in [6, 6.07) is 0. The Morgan fingerprint density at radius 1 is 1.36 bits per heavy atom. The fraction of sp³-hybridized carbons (Fsp3) is 0.875. The van der Waals surface area contributed by atoms with Crippen molar-refractivity contribution >= 4 is 16.9 Å². The van der Waals surface area contributed by atoms with E-state index in [1.54, 1.807) is 6.92 Å². The lowest BCUT2D eigenvalue weighted by Crippen LogP contribution is -2.20. The van der Waals surface area contributed by atoms with Crippen LogP contribution in [-0.2, 0) is 4.79 Å². The normalized spacial score (nSPS) is 31.8. The van der Waals surface area contributed by atoms with Gasteiger partial charge in [0.2, 0.25) is 0 Å². The molecule has 0 aliphatic heterocycles. The Morgan fingerprint density at radius 2 is 1.91 bits per heavy atom. The van der Waals surface area contributed by atoms with E-state index < -0.39 is 0 Å². The molecule has 0 saturated heterocycles. The van der Waals surface area contributed by atoms with Crippen LogP contribution >= 0.6 is 11.8 Å². The molecule has 0 bridgehead atoms. The number of aliphatic hydroxyl groups is 1. The number of carbonyl (C=O) groups excluding carboxylic acids is 1. The summed E-state index contributed by atoms with van der Waals surface area (Å²) >= 11 is 1.43. The molecule has 64 valence electrons. The Balaban J connectivity index is 2.22. The van der Waals surface area contributed by atoms with E-state index in [1.165, 1.54) is 11.8 Å². The van der Waals surface area contributed by atoms with Gasteiger partial charge in [-0.2, -0.15) is 0 Å². The largest absolute Gasteiger partial charge is 0.393 e. The summed E-state index contributed by atoms with van der Waals surface area (Å²) in [5.41, 5.74) is 0. The maximum Gasteiger partial charge on any atom is 0.186 e. The van der Waals surface area contributed by atoms with Crippen LogP contribution in [0.1, 0.15) is 32.6 Å². The van der Waals surface area contributed by atoms with Crippen LogP contribution in [0.2, 0.25) is 0 Å². The van der Waals surface area contributed by atoms with Crippen molar-refractivity contribution in [3.63, 3.8) is 0 Å². The third-order valence-electron chi connectivity index (χ3n) is 1.98. The highest BCUT2D eigenvalue weighted by Gasteiger charge is 2.20. The number of thioether (sulfide) groups is 1. The van der Waals surface area contributed by atoms with Crippen molar-refractivity contribution < 1.29 is 9.90 Å². The van der Waals surface area contributed by atoms with E-state index in [2.05, 4.69) is 0 Å². The van der Waals surface area contributed by atoms with Crippen LogP contribution in [0, 0.1) is 0 Å². The molecule has 0 spiro atoms. The lowest BCUT2D eigenvalue weighted by Gasteiger charge is -2.23. The second kappa shape index (κ2) is 4.12. The summed E-state index contributed by atoms with van der Waals surface area (Å²) in [4.78, 5) is 10.7. The zero-order chi connectivity index (χ0) is 8.27. The lowest BCUT2D eigenvalue weighted by atomic mass is 9.97. The molecule has 1 aliphatic rings. The van der Waals surface area contributed by atoms with Gasteiger partial charge in [-0.05, 0) is 25.7 Å². The van der Waals surface area contributed by atoms with Gasteiger partial charge in [-0.25, -0.2) is 0 Å². The Kier molecular flexibility index (Phi) is 3.40. The number of carbonyl (C=O) groups is 1. The molecule has 11 heavy (non-hydrogen) atoms. The summed E-state index contributed by atoms with van der Waals surface area (Å²) in [6.45, 7) is 1.61. The second-order valence-electron chi connectivity index (χ2n) is 3.04. The number of hydrogen-bond donors (Lipinski definition) is 1. The van der Waals surface area contributed by atoms with Gasteiger partial charge in [0.15, 0.2) is 5.12 Å². The van der Waals surface area contributed by atoms with Gasteiger partial charge in [-0.3, -0.25) is 4.79 Å².